The third-order valence-electron chi connectivity index (χ3n) is 8.33. The zero-order valence-corrected chi connectivity index (χ0v) is 29.2. The van der Waals surface area contributed by atoms with E-state index >= 15 is 0 Å². The number of ether oxygens (including phenoxy) is 5. The van der Waals surface area contributed by atoms with E-state index in [2.05, 4.69) is 0 Å². The summed E-state index contributed by atoms with van der Waals surface area (Å²) in [7, 11) is 0. The number of esters is 4. The molecule has 0 aromatic heterocycles. The SMILES string of the molecule is O=C(CCS[C@@H]1O[C@H](COC(=O)c2ccccc2)[C@@H](OC(=O)c2ccccc2)[C@H](OC(=O)c2ccccc2)[C@H]1OC(=O)c1ccccc1)[C]1[CH][CH][CH][CH]1. The Morgan fingerprint density at radius 1 is 0.528 bits per heavy atom. The Bertz CT molecular complexity index is 1830. The Morgan fingerprint density at radius 2 is 0.943 bits per heavy atom. The summed E-state index contributed by atoms with van der Waals surface area (Å²) in [5.41, 5.74) is -0.194. The number of carbonyl (C=O) groups excluding carboxylic acids is 5. The molecular weight excluding hydrogens is 697 g/mol. The molecule has 2 fully saturated rings. The summed E-state index contributed by atoms with van der Waals surface area (Å²) in [6.45, 7) is -0.428. The van der Waals surface area contributed by atoms with Crippen LogP contribution in [0.4, 0.5) is 0 Å². The lowest BCUT2D eigenvalue weighted by atomic mass is 9.98. The maximum absolute atomic E-state index is 13.7. The minimum atomic E-state index is -1.46. The Balaban J connectivity index is 1.35. The average Bonchev–Trinajstić information content (AvgIpc) is 3.76. The monoisotopic (exact) mass is 731 g/mol. The number of thioether (sulfide) groups is 1. The van der Waals surface area contributed by atoms with Crippen LogP contribution in [0.25, 0.3) is 0 Å². The number of ketones is 1. The van der Waals surface area contributed by atoms with Crippen LogP contribution in [0.2, 0.25) is 0 Å². The molecule has 0 amide bonds. The van der Waals surface area contributed by atoms with Gasteiger partial charge in [-0.1, -0.05) is 72.8 Å². The molecule has 0 unspecified atom stereocenters. The van der Waals surface area contributed by atoms with Gasteiger partial charge in [-0.25, -0.2) is 19.2 Å². The van der Waals surface area contributed by atoms with E-state index in [1.54, 1.807) is 147 Å². The molecule has 1 aliphatic heterocycles. The molecule has 0 spiro atoms. The van der Waals surface area contributed by atoms with Crippen LogP contribution < -0.4 is 0 Å². The maximum atomic E-state index is 13.7. The van der Waals surface area contributed by atoms with E-state index in [9.17, 15) is 24.0 Å². The van der Waals surface area contributed by atoms with Crippen molar-refractivity contribution in [3.63, 3.8) is 0 Å². The lowest BCUT2D eigenvalue weighted by Crippen LogP contribution is -2.61. The van der Waals surface area contributed by atoms with Gasteiger partial charge in [0.2, 0.25) is 0 Å². The summed E-state index contributed by atoms with van der Waals surface area (Å²) in [4.78, 5) is 67.0. The summed E-state index contributed by atoms with van der Waals surface area (Å²) in [5, 5.41) is 0. The predicted molar refractivity (Wildman–Crippen MR) is 195 cm³/mol. The second kappa shape index (κ2) is 18.5. The van der Waals surface area contributed by atoms with Crippen molar-refractivity contribution in [3.8, 4) is 0 Å². The molecule has 2 aliphatic rings. The van der Waals surface area contributed by atoms with E-state index in [4.69, 9.17) is 23.7 Å². The molecule has 1 saturated carbocycles. The van der Waals surface area contributed by atoms with Crippen molar-refractivity contribution in [2.75, 3.05) is 12.4 Å². The highest BCUT2D eigenvalue weighted by Gasteiger charge is 2.53. The van der Waals surface area contributed by atoms with Gasteiger partial charge in [-0.15, -0.1) is 11.8 Å². The Labute approximate surface area is 312 Å². The van der Waals surface area contributed by atoms with E-state index in [-0.39, 0.29) is 40.2 Å². The van der Waals surface area contributed by atoms with Crippen molar-refractivity contribution in [1.82, 2.24) is 0 Å². The fraction of sp³-hybridized carbons (Fsp3) is 0.190. The Kier molecular flexibility index (Phi) is 13.1. The smallest absolute Gasteiger partial charge is 0.338 e. The highest BCUT2D eigenvalue weighted by Crippen LogP contribution is 2.36. The topological polar surface area (TPSA) is 132 Å². The van der Waals surface area contributed by atoms with Gasteiger partial charge >= 0.3 is 23.9 Å². The largest absolute Gasteiger partial charge is 0.459 e. The molecule has 1 aliphatic carbocycles. The first-order valence-electron chi connectivity index (χ1n) is 16.9. The maximum Gasteiger partial charge on any atom is 0.338 e. The molecule has 6 rings (SSSR count). The zero-order valence-electron chi connectivity index (χ0n) is 28.4. The lowest BCUT2D eigenvalue weighted by Gasteiger charge is -2.44. The van der Waals surface area contributed by atoms with Crippen LogP contribution in [0, 0.1) is 31.6 Å². The van der Waals surface area contributed by atoms with Crippen LogP contribution >= 0.6 is 11.8 Å². The standard InChI is InChI=1S/C42H35O10S/c43-33(28-15-13-14-16-28)25-26-53-42-37(52-41(47)32-23-11-4-12-24-32)36(51-40(46)31-21-9-3-10-22-31)35(50-39(45)30-19-7-2-8-20-30)34(49-42)27-48-38(44)29-17-5-1-6-18-29/h1-24,34-37,42H,25-27H2/t34-,35-,36+,37-,42+/m1/s1. The third-order valence-corrected chi connectivity index (χ3v) is 9.48. The molecule has 0 bridgehead atoms. The van der Waals surface area contributed by atoms with Gasteiger partial charge in [-0.3, -0.25) is 4.79 Å². The minimum absolute atomic E-state index is 0.105. The number of Topliss-reactive ketones (excluding diaryl/α,β-unsaturated/α-hetero) is 1. The van der Waals surface area contributed by atoms with E-state index in [1.165, 1.54) is 0 Å². The molecular formula is C42H35O10S. The van der Waals surface area contributed by atoms with Gasteiger partial charge in [0.1, 0.15) is 23.9 Å². The molecule has 5 radical (unpaired) electrons. The number of hydrogen-bond donors (Lipinski definition) is 0. The third kappa shape index (κ3) is 10.00. The van der Waals surface area contributed by atoms with Gasteiger partial charge < -0.3 is 23.7 Å². The van der Waals surface area contributed by atoms with Crippen molar-refractivity contribution in [3.05, 3.63) is 175 Å². The number of rotatable bonds is 14. The van der Waals surface area contributed by atoms with Gasteiger partial charge in [0.05, 0.1) is 22.3 Å². The molecule has 4 aromatic rings. The normalized spacial score (nSPS) is 21.2. The van der Waals surface area contributed by atoms with Crippen molar-refractivity contribution in [2.24, 2.45) is 0 Å². The van der Waals surface area contributed by atoms with Gasteiger partial charge in [0, 0.05) is 18.1 Å². The van der Waals surface area contributed by atoms with E-state index in [0.29, 0.717) is 5.92 Å². The summed E-state index contributed by atoms with van der Waals surface area (Å²) in [6, 6.07) is 32.8. The fourth-order valence-corrected chi connectivity index (χ4v) is 6.79. The average molecular weight is 732 g/mol. The number of hydrogen-bond acceptors (Lipinski definition) is 11. The number of carbonyl (C=O) groups is 5. The first-order chi connectivity index (χ1) is 25.9. The van der Waals surface area contributed by atoms with Crippen molar-refractivity contribution in [1.29, 1.82) is 0 Å². The molecule has 0 N–H and O–H groups in total. The van der Waals surface area contributed by atoms with Crippen LogP contribution in [-0.2, 0) is 28.5 Å². The van der Waals surface area contributed by atoms with Gasteiger partial charge in [0.25, 0.3) is 0 Å². The van der Waals surface area contributed by atoms with Gasteiger partial charge in [-0.2, -0.15) is 0 Å². The summed E-state index contributed by atoms with van der Waals surface area (Å²) < 4.78 is 30.4. The molecule has 11 heteroatoms. The van der Waals surface area contributed by atoms with Crippen molar-refractivity contribution < 1.29 is 47.7 Å². The second-order valence-corrected chi connectivity index (χ2v) is 13.1. The molecule has 53 heavy (non-hydrogen) atoms. The fourth-order valence-electron chi connectivity index (χ4n) is 5.63. The minimum Gasteiger partial charge on any atom is -0.459 e. The first kappa shape index (κ1) is 37.5. The molecule has 5 atom stereocenters. The first-order valence-corrected chi connectivity index (χ1v) is 17.9. The molecule has 1 saturated heterocycles. The highest BCUT2D eigenvalue weighted by molar-refractivity contribution is 7.99. The summed E-state index contributed by atoms with van der Waals surface area (Å²) in [5.74, 6) is -2.31. The molecule has 1 heterocycles. The van der Waals surface area contributed by atoms with Crippen LogP contribution in [0.5, 0.6) is 0 Å². The van der Waals surface area contributed by atoms with Crippen LogP contribution in [0.3, 0.4) is 0 Å². The van der Waals surface area contributed by atoms with Crippen LogP contribution in [0.15, 0.2) is 121 Å². The second-order valence-electron chi connectivity index (χ2n) is 11.9. The van der Waals surface area contributed by atoms with E-state index < -0.39 is 60.3 Å². The van der Waals surface area contributed by atoms with Gasteiger partial charge in [0.15, 0.2) is 18.3 Å². The van der Waals surface area contributed by atoms with Crippen LogP contribution in [0.1, 0.15) is 47.9 Å². The molecule has 4 aromatic carbocycles. The van der Waals surface area contributed by atoms with E-state index in [1.807, 2.05) is 0 Å². The number of benzene rings is 4. The summed E-state index contributed by atoms with van der Waals surface area (Å²) in [6.07, 6.45) is 1.63. The quantitative estimate of drug-likeness (QED) is 0.106. The van der Waals surface area contributed by atoms with E-state index in [0.717, 1.165) is 11.8 Å². The van der Waals surface area contributed by atoms with Crippen molar-refractivity contribution in [2.45, 2.75) is 36.3 Å². The Morgan fingerprint density at radius 3 is 1.42 bits per heavy atom. The Hall–Kier alpha value is -5.26. The lowest BCUT2D eigenvalue weighted by molar-refractivity contribution is -0.207. The molecule has 269 valence electrons. The predicted octanol–water partition coefficient (Wildman–Crippen LogP) is 6.34. The van der Waals surface area contributed by atoms with Crippen molar-refractivity contribution >= 4 is 41.4 Å². The van der Waals surface area contributed by atoms with Crippen LogP contribution in [-0.4, -0.2) is 71.9 Å². The van der Waals surface area contributed by atoms with Gasteiger partial charge in [-0.05, 0) is 74.2 Å². The molecule has 10 nitrogen and oxygen atoms in total. The highest BCUT2D eigenvalue weighted by atomic mass is 32.2. The summed E-state index contributed by atoms with van der Waals surface area (Å²) >= 11 is 1.15. The zero-order chi connectivity index (χ0) is 37.0.